The van der Waals surface area contributed by atoms with E-state index in [1.165, 1.54) is 12.2 Å². The molecule has 0 bridgehead atoms. The summed E-state index contributed by atoms with van der Waals surface area (Å²) in [5.41, 5.74) is 0. The number of nitrogens with zero attached hydrogens (tertiary/aromatic N) is 2. The first kappa shape index (κ1) is 15.5. The Hall–Kier alpha value is -1.84. The van der Waals surface area contributed by atoms with Gasteiger partial charge in [-0.25, -0.2) is 0 Å². The van der Waals surface area contributed by atoms with Crippen molar-refractivity contribution in [3.8, 4) is 0 Å². The second-order valence-electron chi connectivity index (χ2n) is 4.97. The molecule has 0 spiro atoms. The summed E-state index contributed by atoms with van der Waals surface area (Å²) in [6.07, 6.45) is 7.00. The number of hydrogen-bond acceptors (Lipinski definition) is 7. The SMILES string of the molecule is O=[N+]([O-])C1C=C[C@@H](OOO[C@H]2C=C[C@@H]([N+](=O)[O-])CC2)CC1. The molecule has 0 N–H and O–H groups in total. The molecule has 0 saturated heterocycles. The maximum absolute atomic E-state index is 10.6. The highest BCUT2D eigenvalue weighted by Crippen LogP contribution is 2.19. The lowest BCUT2D eigenvalue weighted by Gasteiger charge is -2.20. The molecule has 0 aromatic rings. The fraction of sp³-hybridized carbons (Fsp3) is 0.667. The quantitative estimate of drug-likeness (QED) is 0.316. The highest BCUT2D eigenvalue weighted by atomic mass is 17.5. The summed E-state index contributed by atoms with van der Waals surface area (Å²) in [6.45, 7) is 0. The maximum atomic E-state index is 10.6. The van der Waals surface area contributed by atoms with Gasteiger partial charge >= 0.3 is 0 Å². The van der Waals surface area contributed by atoms with Crippen LogP contribution in [0.2, 0.25) is 0 Å². The van der Waals surface area contributed by atoms with Crippen molar-refractivity contribution in [1.29, 1.82) is 0 Å². The Morgan fingerprint density at radius 3 is 1.48 bits per heavy atom. The van der Waals surface area contributed by atoms with Crippen molar-refractivity contribution in [2.75, 3.05) is 0 Å². The van der Waals surface area contributed by atoms with Crippen LogP contribution < -0.4 is 0 Å². The monoisotopic (exact) mass is 300 g/mol. The first-order valence-electron chi connectivity index (χ1n) is 6.68. The summed E-state index contributed by atoms with van der Waals surface area (Å²) in [7, 11) is 0. The topological polar surface area (TPSA) is 114 Å². The molecular weight excluding hydrogens is 284 g/mol. The summed E-state index contributed by atoms with van der Waals surface area (Å²) in [5, 5.41) is 25.8. The van der Waals surface area contributed by atoms with E-state index in [1.807, 2.05) is 0 Å². The second kappa shape index (κ2) is 7.25. The van der Waals surface area contributed by atoms with Crippen LogP contribution in [0.4, 0.5) is 0 Å². The molecule has 0 aromatic carbocycles. The van der Waals surface area contributed by atoms with Crippen LogP contribution in [0.1, 0.15) is 25.7 Å². The van der Waals surface area contributed by atoms with Crippen LogP contribution in [-0.4, -0.2) is 34.1 Å². The van der Waals surface area contributed by atoms with E-state index in [9.17, 15) is 20.2 Å². The minimum Gasteiger partial charge on any atom is -0.264 e. The Labute approximate surface area is 120 Å². The standard InChI is InChI=1S/C12H16N2O7/c15-13(16)9-1-5-11(6-2-9)19-21-20-12-7-3-10(4-8-12)14(17)18/h1,3,5,7,9-12H,2,4,6,8H2/t9-,10?,11+,12-/m1/s1. The van der Waals surface area contributed by atoms with Crippen molar-refractivity contribution in [2.45, 2.75) is 50.0 Å². The van der Waals surface area contributed by atoms with Gasteiger partial charge in [-0.15, -0.1) is 0 Å². The molecule has 21 heavy (non-hydrogen) atoms. The summed E-state index contributed by atoms with van der Waals surface area (Å²) in [6, 6.07) is -1.35. The fourth-order valence-corrected chi connectivity index (χ4v) is 2.19. The summed E-state index contributed by atoms with van der Waals surface area (Å²) >= 11 is 0. The molecule has 116 valence electrons. The highest BCUT2D eigenvalue weighted by molar-refractivity contribution is 5.00. The average molecular weight is 300 g/mol. The van der Waals surface area contributed by atoms with Gasteiger partial charge in [0.2, 0.25) is 12.1 Å². The molecule has 0 heterocycles. The highest BCUT2D eigenvalue weighted by Gasteiger charge is 2.26. The fourth-order valence-electron chi connectivity index (χ4n) is 2.19. The Bertz CT molecular complexity index is 411. The molecule has 0 radical (unpaired) electrons. The minimum absolute atomic E-state index is 0.345. The van der Waals surface area contributed by atoms with Gasteiger partial charge in [0, 0.05) is 22.7 Å². The normalized spacial score (nSPS) is 32.0. The minimum atomic E-state index is -0.675. The maximum Gasteiger partial charge on any atom is 0.231 e. The predicted molar refractivity (Wildman–Crippen MR) is 69.1 cm³/mol. The summed E-state index contributed by atoms with van der Waals surface area (Å²) < 4.78 is 0. The molecule has 0 aliphatic heterocycles. The Kier molecular flexibility index (Phi) is 5.37. The van der Waals surface area contributed by atoms with Gasteiger partial charge in [0.05, 0.1) is 0 Å². The lowest BCUT2D eigenvalue weighted by Crippen LogP contribution is -2.27. The lowest BCUT2D eigenvalue weighted by molar-refractivity contribution is -0.539. The third-order valence-corrected chi connectivity index (χ3v) is 3.46. The van der Waals surface area contributed by atoms with Gasteiger partial charge in [-0.2, -0.15) is 9.78 Å². The molecule has 0 saturated carbocycles. The number of nitro groups is 2. The molecule has 1 unspecified atom stereocenters. The third kappa shape index (κ3) is 4.59. The van der Waals surface area contributed by atoms with E-state index in [-0.39, 0.29) is 22.1 Å². The van der Waals surface area contributed by atoms with Crippen LogP contribution in [0.15, 0.2) is 24.3 Å². The van der Waals surface area contributed by atoms with Gasteiger partial charge in [-0.3, -0.25) is 20.2 Å². The van der Waals surface area contributed by atoms with E-state index in [0.29, 0.717) is 25.7 Å². The molecule has 2 aliphatic carbocycles. The van der Waals surface area contributed by atoms with Crippen molar-refractivity contribution >= 4 is 0 Å². The molecule has 0 aromatic heterocycles. The van der Waals surface area contributed by atoms with Gasteiger partial charge in [0.15, 0.2) is 0 Å². The van der Waals surface area contributed by atoms with E-state index >= 15 is 0 Å². The Balaban J connectivity index is 1.67. The predicted octanol–water partition coefficient (Wildman–Crippen LogP) is 1.59. The zero-order valence-corrected chi connectivity index (χ0v) is 11.2. The van der Waals surface area contributed by atoms with Crippen molar-refractivity contribution in [1.82, 2.24) is 0 Å². The number of rotatable bonds is 6. The molecule has 4 atom stereocenters. The van der Waals surface area contributed by atoms with Crippen LogP contribution in [0, 0.1) is 20.2 Å². The summed E-state index contributed by atoms with van der Waals surface area (Å²) in [5.74, 6) is 0. The summed E-state index contributed by atoms with van der Waals surface area (Å²) in [4.78, 5) is 30.4. The van der Waals surface area contributed by atoms with Gasteiger partial charge < -0.3 is 0 Å². The van der Waals surface area contributed by atoms with E-state index in [1.54, 1.807) is 12.2 Å². The van der Waals surface area contributed by atoms with Crippen molar-refractivity contribution in [2.24, 2.45) is 0 Å². The van der Waals surface area contributed by atoms with Crippen LogP contribution in [0.25, 0.3) is 0 Å². The van der Waals surface area contributed by atoms with Crippen LogP contribution in [0.3, 0.4) is 0 Å². The van der Waals surface area contributed by atoms with Gasteiger partial charge in [0.1, 0.15) is 12.2 Å². The van der Waals surface area contributed by atoms with Gasteiger partial charge in [-0.1, -0.05) is 5.04 Å². The first-order chi connectivity index (χ1) is 10.1. The molecular formula is C12H16N2O7. The largest absolute Gasteiger partial charge is 0.264 e. The van der Waals surface area contributed by atoms with Gasteiger partial charge in [-0.05, 0) is 37.1 Å². The smallest absolute Gasteiger partial charge is 0.231 e. The van der Waals surface area contributed by atoms with Crippen LogP contribution >= 0.6 is 0 Å². The average Bonchev–Trinajstić information content (AvgIpc) is 2.48. The molecule has 9 nitrogen and oxygen atoms in total. The van der Waals surface area contributed by atoms with Crippen molar-refractivity contribution in [3.05, 3.63) is 44.5 Å². The molecule has 0 fully saturated rings. The van der Waals surface area contributed by atoms with Crippen LogP contribution in [0.5, 0.6) is 0 Å². The second-order valence-corrected chi connectivity index (χ2v) is 4.97. The van der Waals surface area contributed by atoms with E-state index in [2.05, 4.69) is 5.04 Å². The lowest BCUT2D eigenvalue weighted by atomic mass is 10.0. The molecule has 2 rings (SSSR count). The Morgan fingerprint density at radius 2 is 1.19 bits per heavy atom. The number of hydrogen-bond donors (Lipinski definition) is 0. The molecule has 9 heteroatoms. The van der Waals surface area contributed by atoms with Crippen molar-refractivity contribution < 1.29 is 24.7 Å². The van der Waals surface area contributed by atoms with E-state index in [4.69, 9.17) is 9.78 Å². The van der Waals surface area contributed by atoms with Crippen LogP contribution in [-0.2, 0) is 14.8 Å². The van der Waals surface area contributed by atoms with Crippen molar-refractivity contribution in [3.63, 3.8) is 0 Å². The Morgan fingerprint density at radius 1 is 0.762 bits per heavy atom. The molecule has 0 amide bonds. The third-order valence-electron chi connectivity index (χ3n) is 3.46. The van der Waals surface area contributed by atoms with E-state index < -0.39 is 12.1 Å². The zero-order chi connectivity index (χ0) is 15.2. The molecule has 2 aliphatic rings. The zero-order valence-electron chi connectivity index (χ0n) is 11.2. The van der Waals surface area contributed by atoms with E-state index in [0.717, 1.165) is 0 Å². The first-order valence-corrected chi connectivity index (χ1v) is 6.68. The van der Waals surface area contributed by atoms with Gasteiger partial charge in [0.25, 0.3) is 0 Å².